The molecule has 0 radical (unpaired) electrons. The first-order valence-electron chi connectivity index (χ1n) is 5.24. The number of nitrogens with zero attached hydrogens (tertiary/aromatic N) is 3. The summed E-state index contributed by atoms with van der Waals surface area (Å²) < 4.78 is 5.19. The van der Waals surface area contributed by atoms with Gasteiger partial charge in [-0.3, -0.25) is 0 Å². The van der Waals surface area contributed by atoms with Crippen molar-refractivity contribution >= 4 is 11.3 Å². The van der Waals surface area contributed by atoms with Crippen LogP contribution < -0.4 is 0 Å². The summed E-state index contributed by atoms with van der Waals surface area (Å²) in [7, 11) is 0. The van der Waals surface area contributed by atoms with Gasteiger partial charge in [0.15, 0.2) is 0 Å². The second-order valence-electron chi connectivity index (χ2n) is 3.79. The van der Waals surface area contributed by atoms with Gasteiger partial charge in [-0.15, -0.1) is 0 Å². The highest BCUT2D eigenvalue weighted by atomic mass is 32.1. The standard InChI is InChI=1S/C12H8N4OS/c1-7-5-18-6-9(7)11-15-12(17-16-11)10-3-2-8(4-13)14-10/h2-3,5-6,14H,1H3. The van der Waals surface area contributed by atoms with Gasteiger partial charge < -0.3 is 9.51 Å². The predicted octanol–water partition coefficient (Wildman–Crippen LogP) is 2.97. The number of aromatic amines is 1. The third-order valence-corrected chi connectivity index (χ3v) is 3.42. The largest absolute Gasteiger partial charge is 0.342 e. The Morgan fingerprint density at radius 3 is 2.94 bits per heavy atom. The van der Waals surface area contributed by atoms with Crippen LogP contribution in [0.5, 0.6) is 0 Å². The molecule has 3 heterocycles. The van der Waals surface area contributed by atoms with E-state index in [0.717, 1.165) is 11.1 Å². The van der Waals surface area contributed by atoms with Crippen LogP contribution in [0, 0.1) is 18.3 Å². The monoisotopic (exact) mass is 256 g/mol. The SMILES string of the molecule is Cc1cscc1-c1noc(-c2ccc(C#N)[nH]2)n1. The van der Waals surface area contributed by atoms with Gasteiger partial charge in [0.25, 0.3) is 5.89 Å². The maximum absolute atomic E-state index is 8.74. The molecule has 0 spiro atoms. The van der Waals surface area contributed by atoms with Crippen LogP contribution in [0.25, 0.3) is 23.0 Å². The summed E-state index contributed by atoms with van der Waals surface area (Å²) in [5.41, 5.74) is 3.22. The predicted molar refractivity (Wildman–Crippen MR) is 66.8 cm³/mol. The van der Waals surface area contributed by atoms with Crippen molar-refractivity contribution in [2.45, 2.75) is 6.92 Å². The Labute approximate surface area is 107 Å². The Morgan fingerprint density at radius 1 is 1.39 bits per heavy atom. The molecule has 3 rings (SSSR count). The molecule has 0 aromatic carbocycles. The molecule has 0 aliphatic heterocycles. The van der Waals surface area contributed by atoms with E-state index in [9.17, 15) is 0 Å². The van der Waals surface area contributed by atoms with Gasteiger partial charge in [-0.25, -0.2) is 0 Å². The van der Waals surface area contributed by atoms with E-state index >= 15 is 0 Å². The molecule has 3 aromatic rings. The Bertz CT molecular complexity index is 731. The molecule has 6 heteroatoms. The van der Waals surface area contributed by atoms with Crippen molar-refractivity contribution in [3.63, 3.8) is 0 Å². The molecule has 0 aliphatic carbocycles. The summed E-state index contributed by atoms with van der Waals surface area (Å²) in [6, 6.07) is 5.44. The van der Waals surface area contributed by atoms with Gasteiger partial charge in [-0.2, -0.15) is 21.6 Å². The molecule has 18 heavy (non-hydrogen) atoms. The summed E-state index contributed by atoms with van der Waals surface area (Å²) >= 11 is 1.60. The lowest BCUT2D eigenvalue weighted by Gasteiger charge is -1.89. The van der Waals surface area contributed by atoms with Crippen LogP contribution in [0.2, 0.25) is 0 Å². The number of thiophene rings is 1. The molecule has 0 aliphatic rings. The van der Waals surface area contributed by atoms with E-state index in [4.69, 9.17) is 9.78 Å². The van der Waals surface area contributed by atoms with Crippen LogP contribution in [0.15, 0.2) is 27.4 Å². The molecule has 0 amide bonds. The molecule has 0 fully saturated rings. The zero-order valence-electron chi connectivity index (χ0n) is 9.47. The van der Waals surface area contributed by atoms with Crippen molar-refractivity contribution < 1.29 is 4.52 Å². The number of aryl methyl sites for hydroxylation is 1. The minimum absolute atomic E-state index is 0.386. The third kappa shape index (κ3) is 1.71. The molecule has 0 saturated carbocycles. The fourth-order valence-corrected chi connectivity index (χ4v) is 2.44. The molecule has 0 bridgehead atoms. The highest BCUT2D eigenvalue weighted by molar-refractivity contribution is 7.08. The Hall–Kier alpha value is -2.39. The summed E-state index contributed by atoms with van der Waals surface area (Å²) in [5, 5.41) is 16.7. The number of rotatable bonds is 2. The fourth-order valence-electron chi connectivity index (χ4n) is 1.62. The van der Waals surface area contributed by atoms with E-state index in [0.29, 0.717) is 23.1 Å². The Kier molecular flexibility index (Phi) is 2.46. The highest BCUT2D eigenvalue weighted by Crippen LogP contribution is 2.26. The molecule has 5 nitrogen and oxygen atoms in total. The van der Waals surface area contributed by atoms with Gasteiger partial charge in [0, 0.05) is 10.9 Å². The summed E-state index contributed by atoms with van der Waals surface area (Å²) in [5.74, 6) is 0.953. The Balaban J connectivity index is 1.99. The van der Waals surface area contributed by atoms with Crippen molar-refractivity contribution in [1.82, 2.24) is 15.1 Å². The highest BCUT2D eigenvalue weighted by Gasteiger charge is 2.14. The van der Waals surface area contributed by atoms with E-state index in [1.807, 2.05) is 23.8 Å². The minimum Gasteiger partial charge on any atom is -0.342 e. The van der Waals surface area contributed by atoms with Gasteiger partial charge >= 0.3 is 0 Å². The van der Waals surface area contributed by atoms with E-state index in [-0.39, 0.29) is 0 Å². The zero-order chi connectivity index (χ0) is 12.5. The maximum Gasteiger partial charge on any atom is 0.274 e. The average Bonchev–Trinajstić information content (AvgIpc) is 3.07. The first-order valence-corrected chi connectivity index (χ1v) is 6.18. The van der Waals surface area contributed by atoms with Crippen molar-refractivity contribution in [2.24, 2.45) is 0 Å². The van der Waals surface area contributed by atoms with Gasteiger partial charge in [-0.1, -0.05) is 5.16 Å². The summed E-state index contributed by atoms with van der Waals surface area (Å²) in [6.45, 7) is 2.00. The van der Waals surface area contributed by atoms with Gasteiger partial charge in [0.1, 0.15) is 17.5 Å². The topological polar surface area (TPSA) is 78.5 Å². The maximum atomic E-state index is 8.74. The lowest BCUT2D eigenvalue weighted by molar-refractivity contribution is 0.431. The number of nitriles is 1. The van der Waals surface area contributed by atoms with Crippen molar-refractivity contribution in [3.8, 4) is 29.0 Å². The molecule has 3 aromatic heterocycles. The summed E-state index contributed by atoms with van der Waals surface area (Å²) in [6.07, 6.45) is 0. The first kappa shape index (κ1) is 10.7. The molecular weight excluding hydrogens is 248 g/mol. The number of hydrogen-bond donors (Lipinski definition) is 1. The quantitative estimate of drug-likeness (QED) is 0.764. The minimum atomic E-state index is 0.386. The van der Waals surface area contributed by atoms with Crippen molar-refractivity contribution in [3.05, 3.63) is 34.2 Å². The van der Waals surface area contributed by atoms with E-state index in [1.165, 1.54) is 0 Å². The van der Waals surface area contributed by atoms with Crippen LogP contribution in [0.4, 0.5) is 0 Å². The zero-order valence-corrected chi connectivity index (χ0v) is 10.3. The summed E-state index contributed by atoms with van der Waals surface area (Å²) in [4.78, 5) is 7.22. The smallest absolute Gasteiger partial charge is 0.274 e. The molecule has 0 saturated heterocycles. The number of H-pyrrole nitrogens is 1. The van der Waals surface area contributed by atoms with Crippen LogP contribution in [0.3, 0.4) is 0 Å². The van der Waals surface area contributed by atoms with Crippen LogP contribution >= 0.6 is 11.3 Å². The van der Waals surface area contributed by atoms with E-state index in [2.05, 4.69) is 15.1 Å². The van der Waals surface area contributed by atoms with Crippen molar-refractivity contribution in [2.75, 3.05) is 0 Å². The van der Waals surface area contributed by atoms with Crippen LogP contribution in [-0.2, 0) is 0 Å². The first-order chi connectivity index (χ1) is 8.78. The van der Waals surface area contributed by atoms with E-state index in [1.54, 1.807) is 23.5 Å². The van der Waals surface area contributed by atoms with Gasteiger partial charge in [0.05, 0.1) is 0 Å². The normalized spacial score (nSPS) is 10.4. The third-order valence-electron chi connectivity index (χ3n) is 2.56. The van der Waals surface area contributed by atoms with E-state index < -0.39 is 0 Å². The second-order valence-corrected chi connectivity index (χ2v) is 4.53. The second kappa shape index (κ2) is 4.13. The van der Waals surface area contributed by atoms with Crippen LogP contribution in [-0.4, -0.2) is 15.1 Å². The lowest BCUT2D eigenvalue weighted by Crippen LogP contribution is -1.81. The van der Waals surface area contributed by atoms with Crippen LogP contribution in [0.1, 0.15) is 11.3 Å². The molecule has 88 valence electrons. The average molecular weight is 256 g/mol. The molecule has 1 N–H and O–H groups in total. The number of aromatic nitrogens is 3. The molecular formula is C12H8N4OS. The molecule has 0 unspecified atom stereocenters. The van der Waals surface area contributed by atoms with Gasteiger partial charge in [0.2, 0.25) is 5.82 Å². The fraction of sp³-hybridized carbons (Fsp3) is 0.0833. The lowest BCUT2D eigenvalue weighted by atomic mass is 10.2. The number of nitrogens with one attached hydrogen (secondary N) is 1. The van der Waals surface area contributed by atoms with Crippen molar-refractivity contribution in [1.29, 1.82) is 5.26 Å². The molecule has 0 atom stereocenters. The number of hydrogen-bond acceptors (Lipinski definition) is 5. The Morgan fingerprint density at radius 2 is 2.28 bits per heavy atom. The van der Waals surface area contributed by atoms with Gasteiger partial charge in [-0.05, 0) is 30.0 Å².